The highest BCUT2D eigenvalue weighted by Crippen LogP contribution is 2.26. The van der Waals surface area contributed by atoms with E-state index in [0.29, 0.717) is 5.15 Å². The summed E-state index contributed by atoms with van der Waals surface area (Å²) in [7, 11) is 2.02. The zero-order chi connectivity index (χ0) is 11.8. The van der Waals surface area contributed by atoms with Crippen LogP contribution in [0.3, 0.4) is 0 Å². The molecule has 15 heavy (non-hydrogen) atoms. The van der Waals surface area contributed by atoms with Gasteiger partial charge in [-0.05, 0) is 45.7 Å². The molecular formula is C11H18ClN3. The molecule has 0 aliphatic heterocycles. The lowest BCUT2D eigenvalue weighted by Gasteiger charge is -2.33. The summed E-state index contributed by atoms with van der Waals surface area (Å²) in [6, 6.07) is 0. The van der Waals surface area contributed by atoms with Crippen LogP contribution in [-0.4, -0.2) is 22.8 Å². The molecule has 3 nitrogen and oxygen atoms in total. The Kier molecular flexibility index (Phi) is 3.24. The average molecular weight is 228 g/mol. The topological polar surface area (TPSA) is 29.0 Å². The Morgan fingerprint density at radius 2 is 1.60 bits per heavy atom. The summed E-state index contributed by atoms with van der Waals surface area (Å²) in [6.07, 6.45) is 0. The molecule has 1 aromatic rings. The maximum Gasteiger partial charge on any atom is 0.155 e. The predicted molar refractivity (Wildman–Crippen MR) is 64.7 cm³/mol. The van der Waals surface area contributed by atoms with Crippen molar-refractivity contribution in [3.63, 3.8) is 0 Å². The highest BCUT2D eigenvalue weighted by molar-refractivity contribution is 6.30. The monoisotopic (exact) mass is 227 g/mol. The largest absolute Gasteiger partial charge is 0.353 e. The van der Waals surface area contributed by atoms with Gasteiger partial charge in [-0.2, -0.15) is 0 Å². The Balaban J connectivity index is 3.23. The smallest absolute Gasteiger partial charge is 0.155 e. The molecule has 0 atom stereocenters. The maximum absolute atomic E-state index is 5.91. The molecule has 0 saturated heterocycles. The van der Waals surface area contributed by atoms with Crippen molar-refractivity contribution < 1.29 is 0 Å². The highest BCUT2D eigenvalue weighted by Gasteiger charge is 2.21. The van der Waals surface area contributed by atoms with Crippen LogP contribution in [0.2, 0.25) is 5.15 Å². The van der Waals surface area contributed by atoms with Gasteiger partial charge in [-0.3, -0.25) is 0 Å². The Morgan fingerprint density at radius 3 is 2.07 bits per heavy atom. The van der Waals surface area contributed by atoms with Gasteiger partial charge in [0.05, 0.1) is 0 Å². The minimum absolute atomic E-state index is 0.0275. The van der Waals surface area contributed by atoms with E-state index in [1.807, 2.05) is 20.9 Å². The van der Waals surface area contributed by atoms with Gasteiger partial charge in [0.25, 0.3) is 0 Å². The molecule has 0 aromatic carbocycles. The first-order valence-electron chi connectivity index (χ1n) is 4.98. The molecule has 0 saturated carbocycles. The van der Waals surface area contributed by atoms with Gasteiger partial charge in [-0.1, -0.05) is 11.6 Å². The van der Waals surface area contributed by atoms with Crippen LogP contribution in [0.1, 0.15) is 31.9 Å². The molecule has 0 aliphatic carbocycles. The SMILES string of the molecule is Cc1c(Cl)nnc(N(C)C(C)(C)C)c1C. The summed E-state index contributed by atoms with van der Waals surface area (Å²) in [5.41, 5.74) is 2.12. The molecule has 0 aliphatic rings. The van der Waals surface area contributed by atoms with Crippen LogP contribution in [0, 0.1) is 13.8 Å². The zero-order valence-corrected chi connectivity index (χ0v) is 11.0. The number of anilines is 1. The van der Waals surface area contributed by atoms with Crippen molar-refractivity contribution in [1.29, 1.82) is 0 Å². The third-order valence-corrected chi connectivity index (χ3v) is 3.12. The number of hydrogen-bond donors (Lipinski definition) is 0. The van der Waals surface area contributed by atoms with Crippen LogP contribution in [0.4, 0.5) is 5.82 Å². The number of halogens is 1. The molecule has 0 radical (unpaired) electrons. The van der Waals surface area contributed by atoms with Crippen LogP contribution in [0.15, 0.2) is 0 Å². The van der Waals surface area contributed by atoms with Crippen LogP contribution in [-0.2, 0) is 0 Å². The van der Waals surface area contributed by atoms with Crippen LogP contribution in [0.5, 0.6) is 0 Å². The minimum atomic E-state index is 0.0275. The van der Waals surface area contributed by atoms with Crippen molar-refractivity contribution in [2.45, 2.75) is 40.2 Å². The van der Waals surface area contributed by atoms with Gasteiger partial charge in [0.1, 0.15) is 0 Å². The summed E-state index contributed by atoms with van der Waals surface area (Å²) < 4.78 is 0. The zero-order valence-electron chi connectivity index (χ0n) is 10.2. The fourth-order valence-electron chi connectivity index (χ4n) is 1.20. The molecule has 0 unspecified atom stereocenters. The van der Waals surface area contributed by atoms with Crippen molar-refractivity contribution in [3.8, 4) is 0 Å². The second kappa shape index (κ2) is 3.97. The molecule has 4 heteroatoms. The number of aromatic nitrogens is 2. The fraction of sp³-hybridized carbons (Fsp3) is 0.636. The van der Waals surface area contributed by atoms with Crippen molar-refractivity contribution in [1.82, 2.24) is 10.2 Å². The Hall–Kier alpha value is -0.830. The predicted octanol–water partition coefficient (Wildman–Crippen LogP) is 2.98. The van der Waals surface area contributed by atoms with Gasteiger partial charge >= 0.3 is 0 Å². The number of hydrogen-bond acceptors (Lipinski definition) is 3. The average Bonchev–Trinajstić information content (AvgIpc) is 2.12. The summed E-state index contributed by atoms with van der Waals surface area (Å²) >= 11 is 5.91. The standard InChI is InChI=1S/C11H18ClN3/c1-7-8(2)10(14-13-9(7)12)15(6)11(3,4)5/h1-6H3. The van der Waals surface area contributed by atoms with E-state index in [-0.39, 0.29) is 5.54 Å². The first-order chi connectivity index (χ1) is 6.75. The van der Waals surface area contributed by atoms with Crippen LogP contribution in [0.25, 0.3) is 0 Å². The Bertz CT molecular complexity index is 369. The normalized spacial score (nSPS) is 11.7. The maximum atomic E-state index is 5.91. The number of rotatable bonds is 1. The van der Waals surface area contributed by atoms with E-state index in [0.717, 1.165) is 16.9 Å². The lowest BCUT2D eigenvalue weighted by molar-refractivity contribution is 0.530. The Labute approximate surface area is 96.5 Å². The first-order valence-corrected chi connectivity index (χ1v) is 5.36. The van der Waals surface area contributed by atoms with Crippen molar-refractivity contribution >= 4 is 17.4 Å². The van der Waals surface area contributed by atoms with E-state index < -0.39 is 0 Å². The van der Waals surface area contributed by atoms with Gasteiger partial charge in [0.2, 0.25) is 0 Å². The lowest BCUT2D eigenvalue weighted by atomic mass is 10.1. The quantitative estimate of drug-likeness (QED) is 0.739. The molecule has 84 valence electrons. The molecule has 0 amide bonds. The third-order valence-electron chi connectivity index (χ3n) is 2.76. The molecule has 1 heterocycles. The van der Waals surface area contributed by atoms with E-state index in [4.69, 9.17) is 11.6 Å². The molecule has 0 spiro atoms. The number of nitrogens with zero attached hydrogens (tertiary/aromatic N) is 3. The van der Waals surface area contributed by atoms with E-state index >= 15 is 0 Å². The third kappa shape index (κ3) is 2.40. The Morgan fingerprint density at radius 1 is 1.07 bits per heavy atom. The van der Waals surface area contributed by atoms with Crippen molar-refractivity contribution in [2.75, 3.05) is 11.9 Å². The van der Waals surface area contributed by atoms with Crippen LogP contribution >= 0.6 is 11.6 Å². The molecular weight excluding hydrogens is 210 g/mol. The van der Waals surface area contributed by atoms with Gasteiger partial charge in [0, 0.05) is 12.6 Å². The summed E-state index contributed by atoms with van der Waals surface area (Å²) in [6.45, 7) is 10.4. The lowest BCUT2D eigenvalue weighted by Crippen LogP contribution is -2.39. The highest BCUT2D eigenvalue weighted by atomic mass is 35.5. The molecule has 1 rings (SSSR count). The van der Waals surface area contributed by atoms with Gasteiger partial charge in [0.15, 0.2) is 11.0 Å². The summed E-state index contributed by atoms with van der Waals surface area (Å²) in [5, 5.41) is 8.58. The van der Waals surface area contributed by atoms with Gasteiger partial charge in [-0.25, -0.2) is 0 Å². The molecule has 0 bridgehead atoms. The van der Waals surface area contributed by atoms with E-state index in [9.17, 15) is 0 Å². The molecule has 1 aromatic heterocycles. The van der Waals surface area contributed by atoms with E-state index in [1.54, 1.807) is 0 Å². The van der Waals surface area contributed by atoms with Crippen molar-refractivity contribution in [3.05, 3.63) is 16.3 Å². The van der Waals surface area contributed by atoms with Gasteiger partial charge in [-0.15, -0.1) is 10.2 Å². The second-order valence-corrected chi connectivity index (χ2v) is 5.15. The first kappa shape index (κ1) is 12.2. The molecule has 0 fully saturated rings. The minimum Gasteiger partial charge on any atom is -0.353 e. The van der Waals surface area contributed by atoms with Crippen LogP contribution < -0.4 is 4.90 Å². The fourth-order valence-corrected chi connectivity index (χ4v) is 1.38. The second-order valence-electron chi connectivity index (χ2n) is 4.79. The van der Waals surface area contributed by atoms with E-state index in [2.05, 4.69) is 35.9 Å². The van der Waals surface area contributed by atoms with Gasteiger partial charge < -0.3 is 4.90 Å². The summed E-state index contributed by atoms with van der Waals surface area (Å²) in [4.78, 5) is 2.11. The molecule has 0 N–H and O–H groups in total. The summed E-state index contributed by atoms with van der Waals surface area (Å²) in [5.74, 6) is 0.893. The van der Waals surface area contributed by atoms with Crippen molar-refractivity contribution in [2.24, 2.45) is 0 Å². The van der Waals surface area contributed by atoms with E-state index in [1.165, 1.54) is 0 Å².